The van der Waals surface area contributed by atoms with E-state index < -0.39 is 5.91 Å². The summed E-state index contributed by atoms with van der Waals surface area (Å²) in [4.78, 5) is 17.1. The van der Waals surface area contributed by atoms with E-state index in [1.165, 1.54) is 27.9 Å². The highest BCUT2D eigenvalue weighted by Crippen LogP contribution is 2.30. The SMILES string of the molecule is Cc1ccc(-n2c(C)cc(/C=C3\C(=N)N4N=C(COc5ccccc5)SC4=NC3=O)c2C)c(C)c1. The minimum absolute atomic E-state index is 0.0125. The predicted molar refractivity (Wildman–Crippen MR) is 142 cm³/mol. The third-order valence-corrected chi connectivity index (χ3v) is 6.85. The fraction of sp³-hybridized carbons (Fsp3) is 0.185. The number of aromatic nitrogens is 1. The summed E-state index contributed by atoms with van der Waals surface area (Å²) in [5, 5.41) is 15.6. The predicted octanol–water partition coefficient (Wildman–Crippen LogP) is 5.41. The molecule has 0 fully saturated rings. The van der Waals surface area contributed by atoms with Crippen molar-refractivity contribution in [3.05, 3.63) is 88.2 Å². The van der Waals surface area contributed by atoms with E-state index in [1.54, 1.807) is 6.08 Å². The Labute approximate surface area is 208 Å². The van der Waals surface area contributed by atoms with Gasteiger partial charge in [-0.05, 0) is 80.9 Å². The largest absolute Gasteiger partial charge is 0.487 e. The molecule has 2 aromatic carbocycles. The lowest BCUT2D eigenvalue weighted by Crippen LogP contribution is -2.35. The monoisotopic (exact) mass is 483 g/mol. The molecule has 0 unspecified atom stereocenters. The lowest BCUT2D eigenvalue weighted by molar-refractivity contribution is -0.114. The number of hydrogen-bond donors (Lipinski definition) is 1. The van der Waals surface area contributed by atoms with Crippen molar-refractivity contribution in [3.63, 3.8) is 0 Å². The molecule has 0 atom stereocenters. The molecule has 3 heterocycles. The smallest absolute Gasteiger partial charge is 0.283 e. The molecule has 0 saturated heterocycles. The normalized spacial score (nSPS) is 16.5. The van der Waals surface area contributed by atoms with Crippen LogP contribution >= 0.6 is 11.8 Å². The summed E-state index contributed by atoms with van der Waals surface area (Å²) in [5.74, 6) is 0.303. The van der Waals surface area contributed by atoms with Gasteiger partial charge in [-0.2, -0.15) is 15.1 Å². The first-order valence-corrected chi connectivity index (χ1v) is 12.1. The van der Waals surface area contributed by atoms with Crippen LogP contribution in [0.15, 0.2) is 70.3 Å². The van der Waals surface area contributed by atoms with Crippen molar-refractivity contribution < 1.29 is 9.53 Å². The number of amidine groups is 2. The average molecular weight is 484 g/mol. The van der Waals surface area contributed by atoms with Gasteiger partial charge in [0.15, 0.2) is 5.84 Å². The number of aryl methyl sites for hydroxylation is 3. The highest BCUT2D eigenvalue weighted by atomic mass is 32.2. The lowest BCUT2D eigenvalue weighted by Gasteiger charge is -2.20. The van der Waals surface area contributed by atoms with Crippen molar-refractivity contribution in [1.29, 1.82) is 5.41 Å². The Balaban J connectivity index is 1.42. The Hall–Kier alpha value is -3.91. The van der Waals surface area contributed by atoms with Gasteiger partial charge >= 0.3 is 0 Å². The quantitative estimate of drug-likeness (QED) is 0.492. The third kappa shape index (κ3) is 4.33. The maximum Gasteiger partial charge on any atom is 0.283 e. The zero-order valence-electron chi connectivity index (χ0n) is 20.0. The molecule has 2 aliphatic rings. The fourth-order valence-electron chi connectivity index (χ4n) is 4.27. The number of thioether (sulfide) groups is 1. The number of carbonyl (C=O) groups excluding carboxylic acids is 1. The van der Waals surface area contributed by atoms with Crippen molar-refractivity contribution >= 4 is 39.8 Å². The van der Waals surface area contributed by atoms with E-state index in [1.807, 2.05) is 50.2 Å². The maximum absolute atomic E-state index is 12.9. The number of nitrogens with one attached hydrogen (secondary N) is 1. The van der Waals surface area contributed by atoms with Crippen LogP contribution in [-0.4, -0.2) is 38.1 Å². The standard InChI is InChI=1S/C27H25N5O2S/c1-16-10-11-23(17(2)12-16)31-18(3)13-20(19(31)4)14-22-25(28)32-27(29-26(22)33)35-24(30-32)15-34-21-8-6-5-7-9-21/h5-14,28H,15H2,1-4H3/b22-14+,28-25?. The van der Waals surface area contributed by atoms with Crippen LogP contribution in [0.4, 0.5) is 0 Å². The summed E-state index contributed by atoms with van der Waals surface area (Å²) in [7, 11) is 0. The number of nitrogens with zero attached hydrogens (tertiary/aromatic N) is 4. The molecular weight excluding hydrogens is 458 g/mol. The summed E-state index contributed by atoms with van der Waals surface area (Å²) in [6, 6.07) is 17.8. The molecule has 2 aliphatic heterocycles. The van der Waals surface area contributed by atoms with E-state index >= 15 is 0 Å². The number of fused-ring (bicyclic) bond motifs is 1. The zero-order valence-corrected chi connectivity index (χ0v) is 20.8. The molecule has 0 saturated carbocycles. The van der Waals surface area contributed by atoms with Crippen LogP contribution in [0.2, 0.25) is 0 Å². The van der Waals surface area contributed by atoms with Crippen molar-refractivity contribution in [2.45, 2.75) is 27.7 Å². The van der Waals surface area contributed by atoms with Crippen molar-refractivity contribution in [3.8, 4) is 11.4 Å². The Morgan fingerprint density at radius 3 is 2.57 bits per heavy atom. The van der Waals surface area contributed by atoms with E-state index in [-0.39, 0.29) is 18.0 Å². The van der Waals surface area contributed by atoms with Crippen LogP contribution in [-0.2, 0) is 4.79 Å². The van der Waals surface area contributed by atoms with E-state index in [0.29, 0.717) is 10.2 Å². The number of ether oxygens (including phenoxy) is 1. The van der Waals surface area contributed by atoms with Crippen LogP contribution in [0.5, 0.6) is 5.75 Å². The molecule has 0 spiro atoms. The minimum Gasteiger partial charge on any atom is -0.487 e. The summed E-state index contributed by atoms with van der Waals surface area (Å²) < 4.78 is 7.94. The van der Waals surface area contributed by atoms with Crippen LogP contribution in [0.25, 0.3) is 11.8 Å². The van der Waals surface area contributed by atoms with Gasteiger partial charge in [-0.1, -0.05) is 35.9 Å². The molecule has 3 aromatic rings. The number of hydrazone groups is 1. The number of aliphatic imine (C=N–C) groups is 1. The molecular formula is C27H25N5O2S. The molecule has 1 N–H and O–H groups in total. The second-order valence-corrected chi connectivity index (χ2v) is 9.61. The van der Waals surface area contributed by atoms with Crippen molar-refractivity contribution in [2.24, 2.45) is 10.1 Å². The van der Waals surface area contributed by atoms with Crippen LogP contribution in [0.1, 0.15) is 28.1 Å². The topological polar surface area (TPSA) is 83.0 Å². The van der Waals surface area contributed by atoms with Gasteiger partial charge < -0.3 is 9.30 Å². The molecule has 0 radical (unpaired) electrons. The van der Waals surface area contributed by atoms with Crippen molar-refractivity contribution in [1.82, 2.24) is 9.58 Å². The van der Waals surface area contributed by atoms with Gasteiger partial charge in [0.05, 0.1) is 5.57 Å². The first-order chi connectivity index (χ1) is 16.8. The van der Waals surface area contributed by atoms with Gasteiger partial charge in [0.25, 0.3) is 5.91 Å². The number of benzene rings is 2. The number of carbonyl (C=O) groups is 1. The van der Waals surface area contributed by atoms with E-state index in [4.69, 9.17) is 10.1 Å². The summed E-state index contributed by atoms with van der Waals surface area (Å²) in [6.07, 6.45) is 1.74. The summed E-state index contributed by atoms with van der Waals surface area (Å²) in [5.41, 5.74) is 6.62. The Morgan fingerprint density at radius 1 is 1.06 bits per heavy atom. The number of rotatable bonds is 5. The Bertz CT molecular complexity index is 1450. The maximum atomic E-state index is 12.9. The molecule has 1 aromatic heterocycles. The second kappa shape index (κ2) is 9.03. The highest BCUT2D eigenvalue weighted by Gasteiger charge is 2.36. The first kappa shape index (κ1) is 22.9. The lowest BCUT2D eigenvalue weighted by atomic mass is 10.1. The molecule has 5 rings (SSSR count). The Morgan fingerprint density at radius 2 is 1.83 bits per heavy atom. The van der Waals surface area contributed by atoms with E-state index in [9.17, 15) is 4.79 Å². The Kier molecular flexibility index (Phi) is 5.90. The van der Waals surface area contributed by atoms with Crippen molar-refractivity contribution in [2.75, 3.05) is 6.61 Å². The highest BCUT2D eigenvalue weighted by molar-refractivity contribution is 8.27. The van der Waals surface area contributed by atoms with Gasteiger partial charge in [-0.3, -0.25) is 10.2 Å². The summed E-state index contributed by atoms with van der Waals surface area (Å²) in [6.45, 7) is 8.47. The van der Waals surface area contributed by atoms with Gasteiger partial charge in [0.1, 0.15) is 17.4 Å². The molecule has 0 aliphatic carbocycles. The van der Waals surface area contributed by atoms with E-state index in [0.717, 1.165) is 28.4 Å². The van der Waals surface area contributed by atoms with Crippen LogP contribution in [0, 0.1) is 33.1 Å². The summed E-state index contributed by atoms with van der Waals surface area (Å²) >= 11 is 1.25. The van der Waals surface area contributed by atoms with Gasteiger partial charge in [-0.15, -0.1) is 0 Å². The minimum atomic E-state index is -0.439. The molecule has 7 nitrogen and oxygen atoms in total. The molecule has 1 amide bonds. The molecule has 8 heteroatoms. The van der Waals surface area contributed by atoms with Gasteiger partial charge in [-0.25, -0.2) is 0 Å². The van der Waals surface area contributed by atoms with Gasteiger partial charge in [0.2, 0.25) is 5.17 Å². The first-order valence-electron chi connectivity index (χ1n) is 11.3. The number of hydrogen-bond acceptors (Lipinski definition) is 5. The average Bonchev–Trinajstić information content (AvgIpc) is 3.36. The van der Waals surface area contributed by atoms with E-state index in [2.05, 4.69) is 46.7 Å². The fourth-order valence-corrected chi connectivity index (χ4v) is 5.07. The van der Waals surface area contributed by atoms with Crippen LogP contribution < -0.4 is 4.74 Å². The third-order valence-electron chi connectivity index (χ3n) is 5.97. The van der Waals surface area contributed by atoms with Crippen LogP contribution in [0.3, 0.4) is 0 Å². The molecule has 0 bridgehead atoms. The molecule has 176 valence electrons. The number of para-hydroxylation sites is 1. The zero-order chi connectivity index (χ0) is 24.7. The second-order valence-electron chi connectivity index (χ2n) is 8.57. The van der Waals surface area contributed by atoms with Gasteiger partial charge in [0, 0.05) is 17.1 Å². The number of amides is 1. The molecule has 35 heavy (non-hydrogen) atoms.